The molecule has 2 aromatic heterocycles. The number of esters is 1. The minimum Gasteiger partial charge on any atom is -0.479 e. The summed E-state index contributed by atoms with van der Waals surface area (Å²) in [5, 5.41) is 58.3. The molecular formula is C54H58FN7O21S. The van der Waals surface area contributed by atoms with Crippen molar-refractivity contribution in [3.8, 4) is 17.1 Å². The second-order valence-electron chi connectivity index (χ2n) is 20.8. The third-order valence-corrected chi connectivity index (χ3v) is 16.1. The highest BCUT2D eigenvalue weighted by atomic mass is 32.2. The smallest absolute Gasteiger partial charge is 0.411 e. The van der Waals surface area contributed by atoms with E-state index in [-0.39, 0.29) is 84.0 Å². The summed E-state index contributed by atoms with van der Waals surface area (Å²) in [5.41, 5.74) is 0.253. The molecule has 1 saturated heterocycles. The number of fused-ring (bicyclic) bond motifs is 5. The van der Waals surface area contributed by atoms with Crippen molar-refractivity contribution in [3.05, 3.63) is 97.6 Å². The number of ether oxygens (including phenoxy) is 5. The number of sulfone groups is 1. The molecule has 0 spiro atoms. The maximum Gasteiger partial charge on any atom is 0.411 e. The number of cyclic esters (lactones) is 1. The number of aliphatic carboxylic acids is 1. The molecule has 5 aliphatic rings. The van der Waals surface area contributed by atoms with Gasteiger partial charge >= 0.3 is 18.0 Å². The molecule has 9 rings (SSSR count). The van der Waals surface area contributed by atoms with E-state index in [1.54, 1.807) is 13.8 Å². The Morgan fingerprint density at radius 2 is 1.70 bits per heavy atom. The summed E-state index contributed by atoms with van der Waals surface area (Å²) in [5.74, 6) is -7.53. The zero-order valence-corrected chi connectivity index (χ0v) is 46.3. The number of benzene rings is 2. The lowest BCUT2D eigenvalue weighted by molar-refractivity contribution is -0.271. The number of rotatable bonds is 20. The standard InChI is InChI=1S/C54H58FN7O21S/c1-5-54(76)30-17-35-44-28(19-62(35)49(71)29(30)22-80-52(54)74)43-32(8-7-27-25(2)31(55)18-34(58-44)42(27)43)56-38(64)23-79-24-60(14-15-84(4,77)78)53(75)81-21-26-6-9-36(82-51-47(70)45(68)46(69)48(83-51)50(72)73)33(16-26)57-37(63)20-59(3)39(65)12-13-61-40(66)10-11-41(61)67/h6,9-11,16-18,32,45-48,51,68-70,76H,5,7-8,12-15,19-24H2,1-4H3,(H,56,64)(H,57,63)(H,72,73)/t32-,45?,46+,47?,48?,51+,54-/m1/s1. The largest absolute Gasteiger partial charge is 0.479 e. The predicted molar refractivity (Wildman–Crippen MR) is 284 cm³/mol. The van der Waals surface area contributed by atoms with Crippen molar-refractivity contribution in [2.75, 3.05) is 57.3 Å². The lowest BCUT2D eigenvalue weighted by Gasteiger charge is -2.38. The molecule has 448 valence electrons. The molecule has 1 aliphatic carbocycles. The first-order valence-electron chi connectivity index (χ1n) is 26.3. The number of aryl methyl sites for hydroxylation is 1. The number of hydrogen-bond acceptors (Lipinski definition) is 21. The summed E-state index contributed by atoms with van der Waals surface area (Å²) in [6.07, 6.45) is -8.23. The third kappa shape index (κ3) is 11.9. The van der Waals surface area contributed by atoms with Crippen LogP contribution in [0, 0.1) is 12.7 Å². The summed E-state index contributed by atoms with van der Waals surface area (Å²) < 4.78 is 69.0. The van der Waals surface area contributed by atoms with Crippen LogP contribution in [0.25, 0.3) is 22.3 Å². The molecule has 4 aliphatic heterocycles. The van der Waals surface area contributed by atoms with E-state index >= 15 is 4.39 Å². The molecule has 28 nitrogen and oxygen atoms in total. The van der Waals surface area contributed by atoms with Crippen molar-refractivity contribution in [2.24, 2.45) is 0 Å². The number of nitrogens with one attached hydrogen (secondary N) is 2. The number of pyridine rings is 2. The van der Waals surface area contributed by atoms with Gasteiger partial charge in [0.15, 0.2) is 11.7 Å². The van der Waals surface area contributed by atoms with Crippen LogP contribution < -0.4 is 20.9 Å². The maximum absolute atomic E-state index is 15.5. The number of carbonyl (C=O) groups excluding carboxylic acids is 7. The van der Waals surface area contributed by atoms with Crippen LogP contribution in [-0.4, -0.2) is 189 Å². The SMILES string of the molecule is CC[C@]1(O)C(=O)OCc2c1cc1n(c2=O)Cc2c-1nc1cc(F)c(C)c3c1c2[C@H](NC(=O)COCN(CCS(C)(=O)=O)C(=O)OCc1ccc(O[C@H]2OC(C(=O)O)[C@@H](O)C(O)C2O)c(NC(=O)CN(C)C(=O)CCN2C(=O)C=CC2=O)c1)CC3. The molecule has 0 radical (unpaired) electrons. The molecule has 6 amide bonds. The molecule has 0 bridgehead atoms. The summed E-state index contributed by atoms with van der Waals surface area (Å²) in [6.45, 7) is -0.586. The maximum atomic E-state index is 15.5. The summed E-state index contributed by atoms with van der Waals surface area (Å²) in [4.78, 5) is 124. The first-order valence-corrected chi connectivity index (χ1v) is 28.3. The number of anilines is 1. The van der Waals surface area contributed by atoms with E-state index in [0.29, 0.717) is 34.1 Å². The van der Waals surface area contributed by atoms with Crippen molar-refractivity contribution in [1.82, 2.24) is 29.6 Å². The van der Waals surface area contributed by atoms with Crippen molar-refractivity contribution in [3.63, 3.8) is 0 Å². The number of imide groups is 1. The van der Waals surface area contributed by atoms with E-state index in [9.17, 15) is 77.1 Å². The van der Waals surface area contributed by atoms with E-state index in [2.05, 4.69) is 10.6 Å². The number of aliphatic hydroxyl groups is 4. The Hall–Kier alpha value is -8.26. The quantitative estimate of drug-likeness (QED) is 0.0287. The van der Waals surface area contributed by atoms with Gasteiger partial charge in [-0.3, -0.25) is 38.6 Å². The second-order valence-corrected chi connectivity index (χ2v) is 23.0. The lowest BCUT2D eigenvalue weighted by atomic mass is 9.81. The van der Waals surface area contributed by atoms with Gasteiger partial charge in [-0.05, 0) is 66.6 Å². The fraction of sp³-hybridized carbons (Fsp3) is 0.444. The number of halogens is 1. The fourth-order valence-corrected chi connectivity index (χ4v) is 11.1. The Balaban J connectivity index is 0.898. The van der Waals surface area contributed by atoms with Gasteiger partial charge in [0.1, 0.15) is 66.3 Å². The first kappa shape index (κ1) is 60.3. The number of likely N-dealkylation sites (N-methyl/N-ethyl adjacent to an activating group) is 1. The summed E-state index contributed by atoms with van der Waals surface area (Å²) in [7, 11) is -2.46. The summed E-state index contributed by atoms with van der Waals surface area (Å²) >= 11 is 0. The van der Waals surface area contributed by atoms with Crippen molar-refractivity contribution < 1.29 is 100 Å². The van der Waals surface area contributed by atoms with Gasteiger partial charge in [-0.2, -0.15) is 0 Å². The van der Waals surface area contributed by atoms with Gasteiger partial charge in [-0.25, -0.2) is 32.2 Å². The molecule has 2 aromatic carbocycles. The Morgan fingerprint density at radius 1 is 0.976 bits per heavy atom. The molecule has 0 saturated carbocycles. The number of nitrogens with zero attached hydrogens (tertiary/aromatic N) is 5. The molecule has 1 fully saturated rings. The van der Waals surface area contributed by atoms with Crippen LogP contribution in [-0.2, 0) is 94.1 Å². The average molecular weight is 1190 g/mol. The van der Waals surface area contributed by atoms with Crippen molar-refractivity contribution in [2.45, 2.75) is 102 Å². The van der Waals surface area contributed by atoms with Crippen LogP contribution in [0.15, 0.2) is 47.3 Å². The summed E-state index contributed by atoms with van der Waals surface area (Å²) in [6, 6.07) is 5.68. The van der Waals surface area contributed by atoms with E-state index < -0.39 is 150 Å². The number of amides is 6. The van der Waals surface area contributed by atoms with Crippen molar-refractivity contribution in [1.29, 1.82) is 0 Å². The molecule has 84 heavy (non-hydrogen) atoms. The van der Waals surface area contributed by atoms with Crippen LogP contribution >= 0.6 is 0 Å². The number of aliphatic hydroxyl groups excluding tert-OH is 3. The molecule has 30 heteroatoms. The Bertz CT molecular complexity index is 3630. The van der Waals surface area contributed by atoms with Gasteiger partial charge < -0.3 is 69.3 Å². The minimum atomic E-state index is -3.72. The molecular weight excluding hydrogens is 1130 g/mol. The number of carboxylic acid groups (broad SMARTS) is 1. The Morgan fingerprint density at radius 3 is 2.39 bits per heavy atom. The van der Waals surface area contributed by atoms with Gasteiger partial charge in [-0.15, -0.1) is 0 Å². The average Bonchev–Trinajstić information content (AvgIpc) is 2.52. The van der Waals surface area contributed by atoms with E-state index in [1.165, 1.54) is 41.9 Å². The van der Waals surface area contributed by atoms with Crippen LogP contribution in [0.1, 0.15) is 71.2 Å². The third-order valence-electron chi connectivity index (χ3n) is 15.2. The number of hydrogen-bond donors (Lipinski definition) is 7. The number of carbonyl (C=O) groups is 8. The topological polar surface area (TPSA) is 387 Å². The van der Waals surface area contributed by atoms with E-state index in [0.717, 1.165) is 33.1 Å². The van der Waals surface area contributed by atoms with Gasteiger partial charge in [0, 0.05) is 67.5 Å². The number of aromatic nitrogens is 2. The minimum absolute atomic E-state index is 0.0304. The van der Waals surface area contributed by atoms with Crippen LogP contribution in [0.3, 0.4) is 0 Å². The zero-order chi connectivity index (χ0) is 60.9. The fourth-order valence-electron chi connectivity index (χ4n) is 10.6. The normalized spacial score (nSPS) is 22.2. The highest BCUT2D eigenvalue weighted by molar-refractivity contribution is 7.90. The van der Waals surface area contributed by atoms with E-state index in [4.69, 9.17) is 28.7 Å². The van der Waals surface area contributed by atoms with Gasteiger partial charge in [-0.1, -0.05) is 13.0 Å². The highest BCUT2D eigenvalue weighted by Gasteiger charge is 2.49. The van der Waals surface area contributed by atoms with E-state index in [1.807, 2.05) is 0 Å². The molecule has 7 atom stereocenters. The highest BCUT2D eigenvalue weighted by Crippen LogP contribution is 2.46. The Labute approximate surface area is 476 Å². The van der Waals surface area contributed by atoms with Crippen LogP contribution in [0.2, 0.25) is 0 Å². The van der Waals surface area contributed by atoms with Gasteiger partial charge in [0.2, 0.25) is 24.0 Å². The lowest BCUT2D eigenvalue weighted by Crippen LogP contribution is -2.61. The molecule has 3 unspecified atom stereocenters. The van der Waals surface area contributed by atoms with Gasteiger partial charge in [0.05, 0.1) is 53.0 Å². The number of carboxylic acids is 1. The van der Waals surface area contributed by atoms with Crippen LogP contribution in [0.5, 0.6) is 5.75 Å². The molecule has 7 N–H and O–H groups in total. The monoisotopic (exact) mass is 1190 g/mol. The first-order chi connectivity index (χ1) is 39.7. The van der Waals surface area contributed by atoms with Crippen molar-refractivity contribution >= 4 is 74.0 Å². The van der Waals surface area contributed by atoms with Crippen LogP contribution in [0.4, 0.5) is 14.9 Å². The second kappa shape index (κ2) is 23.8. The van der Waals surface area contributed by atoms with Gasteiger partial charge in [0.25, 0.3) is 17.4 Å². The zero-order valence-electron chi connectivity index (χ0n) is 45.5. The molecule has 6 heterocycles. The predicted octanol–water partition coefficient (Wildman–Crippen LogP) is -0.729. The Kier molecular flexibility index (Phi) is 17.1. The molecule has 4 aromatic rings.